The zero-order valence-electron chi connectivity index (χ0n) is 9.19. The second-order valence-electron chi connectivity index (χ2n) is 4.04. The third-order valence-corrected chi connectivity index (χ3v) is 3.23. The number of aliphatic hydroxyl groups is 1. The molecule has 1 fully saturated rings. The molecule has 1 heterocycles. The van der Waals surface area contributed by atoms with Gasteiger partial charge >= 0.3 is 0 Å². The predicted molar refractivity (Wildman–Crippen MR) is 65.7 cm³/mol. The Kier molecular flexibility index (Phi) is 4.18. The van der Waals surface area contributed by atoms with Gasteiger partial charge in [0.1, 0.15) is 0 Å². The van der Waals surface area contributed by atoms with Crippen LogP contribution in [-0.4, -0.2) is 42.8 Å². The quantitative estimate of drug-likeness (QED) is 0.836. The highest BCUT2D eigenvalue weighted by Gasteiger charge is 2.21. The molecule has 1 aliphatic rings. The van der Waals surface area contributed by atoms with Crippen LogP contribution < -0.4 is 5.32 Å². The van der Waals surface area contributed by atoms with Gasteiger partial charge in [-0.05, 0) is 17.7 Å². The summed E-state index contributed by atoms with van der Waals surface area (Å²) in [6, 6.07) is 7.82. The van der Waals surface area contributed by atoms with Crippen LogP contribution >= 0.6 is 11.6 Å². The molecule has 16 heavy (non-hydrogen) atoms. The van der Waals surface area contributed by atoms with Gasteiger partial charge in [0.15, 0.2) is 0 Å². The molecule has 2 rings (SSSR count). The van der Waals surface area contributed by atoms with E-state index in [4.69, 9.17) is 11.6 Å². The second kappa shape index (κ2) is 5.64. The molecule has 4 heteroatoms. The maximum absolute atomic E-state index is 9.52. The average molecular weight is 241 g/mol. The SMILES string of the molecule is OC[C@H](c1cccc(Cl)c1)N1CCNCC1. The summed E-state index contributed by atoms with van der Waals surface area (Å²) < 4.78 is 0. The van der Waals surface area contributed by atoms with Gasteiger partial charge in [-0.2, -0.15) is 0 Å². The summed E-state index contributed by atoms with van der Waals surface area (Å²) in [5.74, 6) is 0. The summed E-state index contributed by atoms with van der Waals surface area (Å²) in [5, 5.41) is 13.6. The summed E-state index contributed by atoms with van der Waals surface area (Å²) in [7, 11) is 0. The van der Waals surface area contributed by atoms with Gasteiger partial charge in [0.25, 0.3) is 0 Å². The first kappa shape index (κ1) is 11.9. The first-order valence-electron chi connectivity index (χ1n) is 5.62. The van der Waals surface area contributed by atoms with E-state index in [2.05, 4.69) is 10.2 Å². The molecule has 1 aliphatic heterocycles. The number of hydrogen-bond acceptors (Lipinski definition) is 3. The Morgan fingerprint density at radius 3 is 2.75 bits per heavy atom. The lowest BCUT2D eigenvalue weighted by Gasteiger charge is -2.34. The molecule has 0 aliphatic carbocycles. The first-order valence-corrected chi connectivity index (χ1v) is 6.00. The lowest BCUT2D eigenvalue weighted by atomic mass is 10.1. The Bertz CT molecular complexity index is 340. The third kappa shape index (κ3) is 2.74. The number of nitrogens with one attached hydrogen (secondary N) is 1. The van der Waals surface area contributed by atoms with Crippen molar-refractivity contribution in [1.82, 2.24) is 10.2 Å². The Hall–Kier alpha value is -0.610. The monoisotopic (exact) mass is 240 g/mol. The van der Waals surface area contributed by atoms with Crippen LogP contribution in [0.5, 0.6) is 0 Å². The van der Waals surface area contributed by atoms with E-state index in [1.807, 2.05) is 24.3 Å². The maximum Gasteiger partial charge on any atom is 0.0628 e. The van der Waals surface area contributed by atoms with E-state index in [-0.39, 0.29) is 12.6 Å². The normalized spacial score (nSPS) is 19.6. The number of nitrogens with zero attached hydrogens (tertiary/aromatic N) is 1. The largest absolute Gasteiger partial charge is 0.394 e. The summed E-state index contributed by atoms with van der Waals surface area (Å²) in [6.45, 7) is 4.05. The Labute approximate surface area is 101 Å². The third-order valence-electron chi connectivity index (χ3n) is 3.00. The molecule has 1 aromatic carbocycles. The fourth-order valence-corrected chi connectivity index (χ4v) is 2.34. The molecule has 0 saturated carbocycles. The minimum absolute atomic E-state index is 0.0702. The molecule has 1 saturated heterocycles. The van der Waals surface area contributed by atoms with Crippen molar-refractivity contribution in [1.29, 1.82) is 0 Å². The first-order chi connectivity index (χ1) is 7.81. The summed E-state index contributed by atoms with van der Waals surface area (Å²) in [5.41, 5.74) is 1.09. The molecular weight excluding hydrogens is 224 g/mol. The summed E-state index contributed by atoms with van der Waals surface area (Å²) in [4.78, 5) is 2.29. The van der Waals surface area contributed by atoms with E-state index in [1.54, 1.807) is 0 Å². The second-order valence-corrected chi connectivity index (χ2v) is 4.48. The van der Waals surface area contributed by atoms with Crippen LogP contribution in [0.3, 0.4) is 0 Å². The van der Waals surface area contributed by atoms with Gasteiger partial charge in [0, 0.05) is 31.2 Å². The lowest BCUT2D eigenvalue weighted by Crippen LogP contribution is -2.46. The van der Waals surface area contributed by atoms with Crippen molar-refractivity contribution in [2.75, 3.05) is 32.8 Å². The summed E-state index contributed by atoms with van der Waals surface area (Å²) in [6.07, 6.45) is 0. The van der Waals surface area contributed by atoms with Crippen molar-refractivity contribution in [3.8, 4) is 0 Å². The molecule has 0 spiro atoms. The van der Waals surface area contributed by atoms with Gasteiger partial charge in [-0.15, -0.1) is 0 Å². The van der Waals surface area contributed by atoms with E-state index < -0.39 is 0 Å². The number of benzene rings is 1. The van der Waals surface area contributed by atoms with Crippen LogP contribution in [0.25, 0.3) is 0 Å². The highest BCUT2D eigenvalue weighted by atomic mass is 35.5. The van der Waals surface area contributed by atoms with Crippen LogP contribution in [0.4, 0.5) is 0 Å². The van der Waals surface area contributed by atoms with Crippen molar-refractivity contribution in [2.24, 2.45) is 0 Å². The lowest BCUT2D eigenvalue weighted by molar-refractivity contribution is 0.111. The van der Waals surface area contributed by atoms with Crippen molar-refractivity contribution in [2.45, 2.75) is 6.04 Å². The highest BCUT2D eigenvalue weighted by Crippen LogP contribution is 2.23. The maximum atomic E-state index is 9.52. The van der Waals surface area contributed by atoms with Crippen molar-refractivity contribution in [3.63, 3.8) is 0 Å². The number of piperazine rings is 1. The molecule has 3 nitrogen and oxygen atoms in total. The molecular formula is C12H17ClN2O. The molecule has 0 radical (unpaired) electrons. The van der Waals surface area contributed by atoms with Crippen molar-refractivity contribution < 1.29 is 5.11 Å². The van der Waals surface area contributed by atoms with Gasteiger partial charge in [-0.1, -0.05) is 23.7 Å². The van der Waals surface area contributed by atoms with Crippen molar-refractivity contribution in [3.05, 3.63) is 34.9 Å². The number of halogens is 1. The van der Waals surface area contributed by atoms with E-state index in [1.165, 1.54) is 0 Å². The number of aliphatic hydroxyl groups excluding tert-OH is 1. The number of rotatable bonds is 3. The van der Waals surface area contributed by atoms with E-state index in [9.17, 15) is 5.11 Å². The van der Waals surface area contributed by atoms with Crippen LogP contribution in [0.1, 0.15) is 11.6 Å². The molecule has 1 atom stereocenters. The Morgan fingerprint density at radius 2 is 2.12 bits per heavy atom. The minimum atomic E-state index is 0.0702. The fraction of sp³-hybridized carbons (Fsp3) is 0.500. The average Bonchev–Trinajstić information content (AvgIpc) is 2.31. The van der Waals surface area contributed by atoms with Gasteiger partial charge in [0.2, 0.25) is 0 Å². The molecule has 2 N–H and O–H groups in total. The molecule has 1 aromatic rings. The topological polar surface area (TPSA) is 35.5 Å². The van der Waals surface area contributed by atoms with Crippen LogP contribution in [0, 0.1) is 0 Å². The van der Waals surface area contributed by atoms with Crippen LogP contribution in [0.15, 0.2) is 24.3 Å². The van der Waals surface area contributed by atoms with Crippen molar-refractivity contribution >= 4 is 11.6 Å². The van der Waals surface area contributed by atoms with Gasteiger partial charge in [0.05, 0.1) is 12.6 Å². The van der Waals surface area contributed by atoms with E-state index in [0.29, 0.717) is 0 Å². The minimum Gasteiger partial charge on any atom is -0.394 e. The molecule has 0 unspecified atom stereocenters. The smallest absolute Gasteiger partial charge is 0.0628 e. The van der Waals surface area contributed by atoms with Crippen LogP contribution in [-0.2, 0) is 0 Å². The Morgan fingerprint density at radius 1 is 1.38 bits per heavy atom. The highest BCUT2D eigenvalue weighted by molar-refractivity contribution is 6.30. The van der Waals surface area contributed by atoms with Gasteiger partial charge in [-0.25, -0.2) is 0 Å². The standard InChI is InChI=1S/C12H17ClN2O/c13-11-3-1-2-10(8-11)12(9-16)15-6-4-14-5-7-15/h1-3,8,12,14,16H,4-7,9H2/t12-/m1/s1. The predicted octanol–water partition coefficient (Wildman–Crippen LogP) is 1.28. The molecule has 88 valence electrons. The molecule has 0 amide bonds. The van der Waals surface area contributed by atoms with E-state index >= 15 is 0 Å². The number of hydrogen-bond donors (Lipinski definition) is 2. The van der Waals surface area contributed by atoms with E-state index in [0.717, 1.165) is 36.8 Å². The zero-order chi connectivity index (χ0) is 11.4. The molecule has 0 aromatic heterocycles. The van der Waals surface area contributed by atoms with Gasteiger partial charge in [-0.3, -0.25) is 4.90 Å². The van der Waals surface area contributed by atoms with Gasteiger partial charge < -0.3 is 10.4 Å². The zero-order valence-corrected chi connectivity index (χ0v) is 9.95. The Balaban J connectivity index is 2.14. The fourth-order valence-electron chi connectivity index (χ4n) is 2.14. The summed E-state index contributed by atoms with van der Waals surface area (Å²) >= 11 is 5.97. The molecule has 0 bridgehead atoms. The van der Waals surface area contributed by atoms with Crippen LogP contribution in [0.2, 0.25) is 5.02 Å².